The Labute approximate surface area is 105 Å². The van der Waals surface area contributed by atoms with Crippen LogP contribution in [0.25, 0.3) is 0 Å². The number of hydrogen-bond acceptors (Lipinski definition) is 5. The van der Waals surface area contributed by atoms with Crippen molar-refractivity contribution in [2.24, 2.45) is 0 Å². The van der Waals surface area contributed by atoms with Gasteiger partial charge in [-0.05, 0) is 24.1 Å². The van der Waals surface area contributed by atoms with Gasteiger partial charge < -0.3 is 14.9 Å². The van der Waals surface area contributed by atoms with Crippen molar-refractivity contribution in [2.45, 2.75) is 25.6 Å². The van der Waals surface area contributed by atoms with Crippen molar-refractivity contribution in [1.29, 1.82) is 5.26 Å². The summed E-state index contributed by atoms with van der Waals surface area (Å²) in [4.78, 5) is 11.0. The molecular weight excluding hydrogens is 234 g/mol. The van der Waals surface area contributed by atoms with Crippen LogP contribution in [0.3, 0.4) is 0 Å². The van der Waals surface area contributed by atoms with E-state index in [9.17, 15) is 15.0 Å². The maximum absolute atomic E-state index is 11.0. The van der Waals surface area contributed by atoms with Gasteiger partial charge in [-0.2, -0.15) is 5.26 Å². The highest BCUT2D eigenvalue weighted by Crippen LogP contribution is 2.21. The van der Waals surface area contributed by atoms with Gasteiger partial charge in [-0.25, -0.2) is 0 Å². The molecule has 2 unspecified atom stereocenters. The molecule has 0 fully saturated rings. The first-order valence-corrected chi connectivity index (χ1v) is 5.43. The second-order valence-electron chi connectivity index (χ2n) is 3.98. The smallest absolute Gasteiger partial charge is 0.308 e. The van der Waals surface area contributed by atoms with Gasteiger partial charge in [-0.1, -0.05) is 12.1 Å². The number of aliphatic hydroxyl groups is 2. The molecule has 0 radical (unpaired) electrons. The number of carbonyl (C=O) groups is 1. The zero-order valence-corrected chi connectivity index (χ0v) is 10.3. The Hall–Kier alpha value is -1.90. The maximum Gasteiger partial charge on any atom is 0.308 e. The molecule has 0 bridgehead atoms. The number of aliphatic hydroxyl groups excluding tert-OH is 2. The Kier molecular flexibility index (Phi) is 4.84. The number of nitrogens with zero attached hydrogens (tertiary/aromatic N) is 1. The van der Waals surface area contributed by atoms with E-state index in [1.54, 1.807) is 25.1 Å². The fourth-order valence-electron chi connectivity index (χ4n) is 1.58. The summed E-state index contributed by atoms with van der Waals surface area (Å²) >= 11 is 0. The van der Waals surface area contributed by atoms with E-state index in [2.05, 4.69) is 4.74 Å². The van der Waals surface area contributed by atoms with Crippen LogP contribution in [0, 0.1) is 18.3 Å². The number of rotatable bonds is 4. The van der Waals surface area contributed by atoms with Crippen LogP contribution >= 0.6 is 0 Å². The normalized spacial score (nSPS) is 13.5. The molecule has 0 aliphatic rings. The molecule has 0 aliphatic carbocycles. The van der Waals surface area contributed by atoms with Gasteiger partial charge >= 0.3 is 5.97 Å². The summed E-state index contributed by atoms with van der Waals surface area (Å²) in [5.41, 5.74) is 1.68. The summed E-state index contributed by atoms with van der Waals surface area (Å²) in [6, 6.07) is 6.75. The fourth-order valence-corrected chi connectivity index (χ4v) is 1.58. The van der Waals surface area contributed by atoms with Crippen molar-refractivity contribution in [3.05, 3.63) is 34.9 Å². The third-order valence-corrected chi connectivity index (χ3v) is 2.68. The van der Waals surface area contributed by atoms with Crippen molar-refractivity contribution >= 4 is 5.97 Å². The summed E-state index contributed by atoms with van der Waals surface area (Å²) in [5.74, 6) is -0.591. The van der Waals surface area contributed by atoms with E-state index in [4.69, 9.17) is 5.26 Å². The number of aryl methyl sites for hydroxylation is 1. The molecular formula is C13H15NO4. The molecule has 0 amide bonds. The second-order valence-corrected chi connectivity index (χ2v) is 3.98. The largest absolute Gasteiger partial charge is 0.469 e. The molecule has 0 heterocycles. The van der Waals surface area contributed by atoms with Crippen molar-refractivity contribution in [3.63, 3.8) is 0 Å². The third-order valence-electron chi connectivity index (χ3n) is 2.68. The van der Waals surface area contributed by atoms with Crippen LogP contribution in [0.1, 0.15) is 29.2 Å². The zero-order chi connectivity index (χ0) is 13.7. The molecule has 1 aromatic carbocycles. The maximum atomic E-state index is 11.0. The summed E-state index contributed by atoms with van der Waals surface area (Å²) in [7, 11) is 1.22. The van der Waals surface area contributed by atoms with Gasteiger partial charge in [0.05, 0.1) is 31.3 Å². The molecule has 2 N–H and O–H groups in total. The first-order valence-electron chi connectivity index (χ1n) is 5.43. The van der Waals surface area contributed by atoms with Crippen molar-refractivity contribution in [3.8, 4) is 6.07 Å². The van der Waals surface area contributed by atoms with E-state index in [-0.39, 0.29) is 6.42 Å². The van der Waals surface area contributed by atoms with Crippen LogP contribution < -0.4 is 0 Å². The van der Waals surface area contributed by atoms with Gasteiger partial charge in [0.15, 0.2) is 0 Å². The van der Waals surface area contributed by atoms with Crippen molar-refractivity contribution in [2.75, 3.05) is 7.11 Å². The number of esters is 1. The number of benzene rings is 1. The topological polar surface area (TPSA) is 90.6 Å². The van der Waals surface area contributed by atoms with Crippen LogP contribution in [0.15, 0.2) is 18.2 Å². The Balaban J connectivity index is 2.84. The average molecular weight is 249 g/mol. The third kappa shape index (κ3) is 3.29. The van der Waals surface area contributed by atoms with E-state index in [0.29, 0.717) is 16.7 Å². The van der Waals surface area contributed by atoms with E-state index in [1.807, 2.05) is 6.07 Å². The van der Waals surface area contributed by atoms with Gasteiger partial charge in [0.2, 0.25) is 0 Å². The average Bonchev–Trinajstić information content (AvgIpc) is 2.37. The molecule has 0 spiro atoms. The van der Waals surface area contributed by atoms with Gasteiger partial charge in [0, 0.05) is 0 Å². The molecule has 1 aromatic rings. The van der Waals surface area contributed by atoms with Crippen LogP contribution in [0.4, 0.5) is 0 Å². The van der Waals surface area contributed by atoms with Gasteiger partial charge in [0.25, 0.3) is 0 Å². The number of nitriles is 1. The van der Waals surface area contributed by atoms with Crippen LogP contribution in [0.5, 0.6) is 0 Å². The second kappa shape index (κ2) is 6.15. The lowest BCUT2D eigenvalue weighted by Crippen LogP contribution is -2.22. The molecule has 5 heteroatoms. The lowest BCUT2D eigenvalue weighted by Gasteiger charge is -2.17. The molecule has 2 atom stereocenters. The van der Waals surface area contributed by atoms with E-state index >= 15 is 0 Å². The highest BCUT2D eigenvalue weighted by molar-refractivity contribution is 5.69. The Morgan fingerprint density at radius 2 is 2.17 bits per heavy atom. The molecule has 0 saturated heterocycles. The van der Waals surface area contributed by atoms with E-state index in [1.165, 1.54) is 7.11 Å². The van der Waals surface area contributed by atoms with Gasteiger partial charge in [0.1, 0.15) is 6.10 Å². The van der Waals surface area contributed by atoms with E-state index < -0.39 is 18.2 Å². The SMILES string of the molecule is COC(=O)CC(O)C(O)c1ccc(C#N)c(C)c1. The van der Waals surface area contributed by atoms with Crippen molar-refractivity contribution in [1.82, 2.24) is 0 Å². The van der Waals surface area contributed by atoms with E-state index in [0.717, 1.165) is 0 Å². The van der Waals surface area contributed by atoms with Crippen LogP contribution in [0.2, 0.25) is 0 Å². The van der Waals surface area contributed by atoms with Crippen LogP contribution in [-0.4, -0.2) is 29.4 Å². The Morgan fingerprint density at radius 1 is 1.50 bits per heavy atom. The van der Waals surface area contributed by atoms with Gasteiger partial charge in [-0.3, -0.25) is 4.79 Å². The number of methoxy groups -OCH3 is 1. The molecule has 96 valence electrons. The van der Waals surface area contributed by atoms with Crippen LogP contribution in [-0.2, 0) is 9.53 Å². The molecule has 0 aromatic heterocycles. The summed E-state index contributed by atoms with van der Waals surface area (Å²) < 4.78 is 4.41. The lowest BCUT2D eigenvalue weighted by molar-refractivity contribution is -0.144. The molecule has 18 heavy (non-hydrogen) atoms. The molecule has 5 nitrogen and oxygen atoms in total. The first kappa shape index (κ1) is 14.2. The quantitative estimate of drug-likeness (QED) is 0.771. The number of hydrogen-bond donors (Lipinski definition) is 2. The molecule has 0 aliphatic heterocycles. The highest BCUT2D eigenvalue weighted by Gasteiger charge is 2.22. The standard InChI is InChI=1S/C13H15NO4/c1-8-5-9(3-4-10(8)7-14)13(17)11(15)6-12(16)18-2/h3-5,11,13,15,17H,6H2,1-2H3. The predicted molar refractivity (Wildman–Crippen MR) is 63.5 cm³/mol. The Bertz CT molecular complexity index is 478. The lowest BCUT2D eigenvalue weighted by atomic mass is 9.98. The number of carbonyl (C=O) groups excluding carboxylic acids is 1. The minimum absolute atomic E-state index is 0.281. The minimum atomic E-state index is -1.23. The fraction of sp³-hybridized carbons (Fsp3) is 0.385. The highest BCUT2D eigenvalue weighted by atomic mass is 16.5. The number of ether oxygens (including phenoxy) is 1. The monoisotopic (exact) mass is 249 g/mol. The Morgan fingerprint density at radius 3 is 2.67 bits per heavy atom. The minimum Gasteiger partial charge on any atom is -0.469 e. The predicted octanol–water partition coefficient (Wildman–Crippen LogP) is 0.824. The summed E-state index contributed by atoms with van der Waals surface area (Å²) in [5, 5.41) is 28.3. The molecule has 0 saturated carbocycles. The van der Waals surface area contributed by atoms with Gasteiger partial charge in [-0.15, -0.1) is 0 Å². The first-order chi connectivity index (χ1) is 8.49. The summed E-state index contributed by atoms with van der Waals surface area (Å²) in [6.45, 7) is 1.74. The molecule has 1 rings (SSSR count). The zero-order valence-electron chi connectivity index (χ0n) is 10.3. The van der Waals surface area contributed by atoms with Crippen molar-refractivity contribution < 1.29 is 19.7 Å². The summed E-state index contributed by atoms with van der Waals surface area (Å²) in [6.07, 6.45) is -2.70.